The number of hydrogen-bond donors (Lipinski definition) is 0. The first-order chi connectivity index (χ1) is 19.8. The second-order valence-electron chi connectivity index (χ2n) is 14.5. The molecule has 4 aliphatic rings. The van der Waals surface area contributed by atoms with Gasteiger partial charge in [0.2, 0.25) is 0 Å². The lowest BCUT2D eigenvalue weighted by atomic mass is 9.33. The van der Waals surface area contributed by atoms with E-state index in [-0.39, 0.29) is 23.1 Å². The van der Waals surface area contributed by atoms with Crippen LogP contribution in [0.15, 0.2) is 84.9 Å². The van der Waals surface area contributed by atoms with Gasteiger partial charge in [-0.15, -0.1) is 0 Å². The van der Waals surface area contributed by atoms with Crippen molar-refractivity contribution in [2.75, 3.05) is 4.90 Å². The second-order valence-corrected chi connectivity index (χ2v) is 14.5. The molecular weight excluding hydrogens is 495 g/mol. The minimum atomic E-state index is -0.00890. The smallest absolute Gasteiger partial charge is 0.252 e. The minimum absolute atomic E-state index is 0.00890. The summed E-state index contributed by atoms with van der Waals surface area (Å²) in [5.74, 6) is 0. The van der Waals surface area contributed by atoms with Crippen LogP contribution < -0.4 is 21.3 Å². The third-order valence-corrected chi connectivity index (χ3v) is 11.4. The maximum atomic E-state index is 2.81. The number of anilines is 2. The van der Waals surface area contributed by atoms with Gasteiger partial charge in [-0.3, -0.25) is 0 Å². The molecule has 5 aromatic rings. The Morgan fingerprint density at radius 1 is 0.732 bits per heavy atom. The topological polar surface area (TPSA) is 8.17 Å². The molecule has 0 N–H and O–H groups in total. The Kier molecular flexibility index (Phi) is 4.42. The third-order valence-electron chi connectivity index (χ3n) is 11.4. The fourth-order valence-electron chi connectivity index (χ4n) is 9.57. The van der Waals surface area contributed by atoms with Crippen LogP contribution >= 0.6 is 0 Å². The predicted molar refractivity (Wildman–Crippen MR) is 175 cm³/mol. The molecule has 0 amide bonds. The summed E-state index contributed by atoms with van der Waals surface area (Å²) in [6.07, 6.45) is 5.12. The molecule has 3 heteroatoms. The Balaban J connectivity index is 1.47. The molecule has 1 aromatic heterocycles. The van der Waals surface area contributed by atoms with Gasteiger partial charge in [-0.2, -0.15) is 0 Å². The van der Waals surface area contributed by atoms with Crippen LogP contribution in [0.5, 0.6) is 0 Å². The predicted octanol–water partition coefficient (Wildman–Crippen LogP) is 7.48. The van der Waals surface area contributed by atoms with E-state index in [0.29, 0.717) is 0 Å². The molecule has 2 atom stereocenters. The fourth-order valence-corrected chi connectivity index (χ4v) is 9.57. The van der Waals surface area contributed by atoms with E-state index in [2.05, 4.69) is 129 Å². The van der Waals surface area contributed by atoms with Crippen molar-refractivity contribution >= 4 is 45.4 Å². The lowest BCUT2D eigenvalue weighted by molar-refractivity contribution is 0.195. The average molecular weight is 533 g/mol. The average Bonchev–Trinajstić information content (AvgIpc) is 3.43. The van der Waals surface area contributed by atoms with E-state index in [4.69, 9.17) is 0 Å². The number of rotatable bonds is 1. The summed E-state index contributed by atoms with van der Waals surface area (Å²) in [7, 11) is 0. The van der Waals surface area contributed by atoms with Crippen molar-refractivity contribution in [2.45, 2.75) is 76.7 Å². The zero-order chi connectivity index (χ0) is 27.9. The van der Waals surface area contributed by atoms with Crippen molar-refractivity contribution in [1.29, 1.82) is 0 Å². The molecule has 3 aliphatic heterocycles. The molecule has 41 heavy (non-hydrogen) atoms. The van der Waals surface area contributed by atoms with Gasteiger partial charge in [-0.1, -0.05) is 113 Å². The molecule has 0 bridgehead atoms. The number of nitrogens with zero attached hydrogens (tertiary/aromatic N) is 2. The van der Waals surface area contributed by atoms with Gasteiger partial charge >= 0.3 is 0 Å². The van der Waals surface area contributed by atoms with Gasteiger partial charge in [0.15, 0.2) is 0 Å². The summed E-state index contributed by atoms with van der Waals surface area (Å²) >= 11 is 0. The zero-order valence-electron chi connectivity index (χ0n) is 24.9. The van der Waals surface area contributed by atoms with Crippen molar-refractivity contribution in [3.8, 4) is 16.9 Å². The number of fused-ring (bicyclic) bond motifs is 7. The highest BCUT2D eigenvalue weighted by molar-refractivity contribution is 7.00. The first-order valence-corrected chi connectivity index (χ1v) is 15.6. The van der Waals surface area contributed by atoms with Crippen LogP contribution in [-0.2, 0) is 10.8 Å². The van der Waals surface area contributed by atoms with Crippen molar-refractivity contribution in [1.82, 2.24) is 4.57 Å². The molecule has 0 spiro atoms. The summed E-state index contributed by atoms with van der Waals surface area (Å²) in [6.45, 7) is 12.5. The van der Waals surface area contributed by atoms with Crippen LogP contribution in [0.4, 0.5) is 11.4 Å². The molecule has 2 unspecified atom stereocenters. The number of benzene rings is 4. The van der Waals surface area contributed by atoms with Crippen molar-refractivity contribution < 1.29 is 0 Å². The number of aromatic nitrogens is 1. The Morgan fingerprint density at radius 2 is 1.44 bits per heavy atom. The van der Waals surface area contributed by atoms with E-state index in [1.807, 2.05) is 0 Å². The van der Waals surface area contributed by atoms with Crippen LogP contribution in [-0.4, -0.2) is 16.8 Å². The minimum Gasteiger partial charge on any atom is -0.335 e. The fraction of sp³-hybridized carbons (Fsp3) is 0.316. The van der Waals surface area contributed by atoms with E-state index in [0.717, 1.165) is 0 Å². The Bertz CT molecular complexity index is 1930. The Labute approximate surface area is 244 Å². The van der Waals surface area contributed by atoms with Gasteiger partial charge in [-0.25, -0.2) is 0 Å². The summed E-state index contributed by atoms with van der Waals surface area (Å²) < 4.78 is 2.64. The van der Waals surface area contributed by atoms with E-state index in [1.165, 1.54) is 86.9 Å². The zero-order valence-corrected chi connectivity index (χ0v) is 24.9. The molecule has 2 nitrogen and oxygen atoms in total. The highest BCUT2D eigenvalue weighted by Crippen LogP contribution is 2.61. The quantitative estimate of drug-likeness (QED) is 0.199. The summed E-state index contributed by atoms with van der Waals surface area (Å²) in [5.41, 5.74) is 16.0. The molecular formula is C38H37BN2. The van der Waals surface area contributed by atoms with E-state index >= 15 is 0 Å². The first kappa shape index (κ1) is 23.9. The molecule has 0 saturated heterocycles. The molecule has 4 aromatic carbocycles. The number of hydrogen-bond acceptors (Lipinski definition) is 1. The number of para-hydroxylation sites is 2. The monoisotopic (exact) mass is 532 g/mol. The standard InChI is InChI=1S/C38H37BN2/c1-36(2,3)31-25-16-11-18-27-34(25)40(33(31)24-14-7-6-8-15-24)29-20-13-21-30-32(29)39(27)28-19-12-17-26-35(28)41(30)38(5)23-10-9-22-37(26,38)4/h6-8,11-21H,9-10,22-23H2,1-5H3. The first-order valence-electron chi connectivity index (χ1n) is 15.6. The lowest BCUT2D eigenvalue weighted by Gasteiger charge is -2.52. The molecule has 1 fully saturated rings. The lowest BCUT2D eigenvalue weighted by Crippen LogP contribution is -2.64. The highest BCUT2D eigenvalue weighted by atomic mass is 15.3. The Hall–Kier alpha value is -3.72. The van der Waals surface area contributed by atoms with Crippen LogP contribution in [0.3, 0.4) is 0 Å². The van der Waals surface area contributed by atoms with Crippen molar-refractivity contribution in [2.24, 2.45) is 0 Å². The molecule has 0 radical (unpaired) electrons. The molecule has 9 rings (SSSR count). The SMILES string of the molecule is CC(C)(C)c1c(-c2ccccc2)n2c3c(cccc13)B1c3cccc4c3N(c3cccc-2c31)C1(C)CCCCC41C. The van der Waals surface area contributed by atoms with Crippen molar-refractivity contribution in [3.05, 3.63) is 96.1 Å². The van der Waals surface area contributed by atoms with Gasteiger partial charge in [0.05, 0.1) is 11.2 Å². The van der Waals surface area contributed by atoms with Crippen LogP contribution in [0.25, 0.3) is 27.8 Å². The second kappa shape index (κ2) is 7.56. The summed E-state index contributed by atoms with van der Waals surface area (Å²) in [4.78, 5) is 2.81. The third kappa shape index (κ3) is 2.67. The maximum Gasteiger partial charge on any atom is 0.252 e. The van der Waals surface area contributed by atoms with Gasteiger partial charge in [0, 0.05) is 33.4 Å². The molecule has 4 heterocycles. The highest BCUT2D eigenvalue weighted by Gasteiger charge is 2.61. The largest absolute Gasteiger partial charge is 0.335 e. The van der Waals surface area contributed by atoms with Gasteiger partial charge in [0.25, 0.3) is 6.71 Å². The van der Waals surface area contributed by atoms with Crippen molar-refractivity contribution in [3.63, 3.8) is 0 Å². The van der Waals surface area contributed by atoms with Crippen LogP contribution in [0.2, 0.25) is 0 Å². The Morgan fingerprint density at radius 3 is 2.24 bits per heavy atom. The molecule has 1 aliphatic carbocycles. The maximum absolute atomic E-state index is 2.81. The van der Waals surface area contributed by atoms with Gasteiger partial charge in [-0.05, 0) is 70.4 Å². The summed E-state index contributed by atoms with van der Waals surface area (Å²) in [5, 5.41) is 1.40. The van der Waals surface area contributed by atoms with E-state index in [1.54, 1.807) is 5.56 Å². The molecule has 1 saturated carbocycles. The van der Waals surface area contributed by atoms with Crippen LogP contribution in [0, 0.1) is 0 Å². The van der Waals surface area contributed by atoms with Crippen LogP contribution in [0.1, 0.15) is 71.4 Å². The van der Waals surface area contributed by atoms with Gasteiger partial charge < -0.3 is 9.47 Å². The normalized spacial score (nSPS) is 23.4. The summed E-state index contributed by atoms with van der Waals surface area (Å²) in [6, 6.07) is 32.6. The van der Waals surface area contributed by atoms with E-state index in [9.17, 15) is 0 Å². The van der Waals surface area contributed by atoms with E-state index < -0.39 is 0 Å². The van der Waals surface area contributed by atoms with Gasteiger partial charge in [0.1, 0.15) is 0 Å². The molecule has 202 valence electrons.